The molecule has 0 bridgehead atoms. The molecule has 8 heteroatoms. The van der Waals surface area contributed by atoms with E-state index in [0.29, 0.717) is 13.1 Å². The van der Waals surface area contributed by atoms with Gasteiger partial charge in [-0.25, -0.2) is 4.79 Å². The lowest BCUT2D eigenvalue weighted by Gasteiger charge is -2.35. The van der Waals surface area contributed by atoms with Gasteiger partial charge in [0.05, 0.1) is 19.2 Å². The van der Waals surface area contributed by atoms with Gasteiger partial charge in [0.2, 0.25) is 5.91 Å². The summed E-state index contributed by atoms with van der Waals surface area (Å²) < 4.78 is 5.34. The average molecular weight is 481 g/mol. The standard InChI is InChI=1S/C27H36N4O4/c1-19(17-30-14-12-29(3)13-15-30)26(33)23-6-4-21(5-7-23)22-8-10-24(11-9-22)31-18-25(35-27(31)34)16-28-20(2)32/h4-11,19,25-26,33H,12-18H2,1-3H3,(H,28,32)/t19?,25-,26?/m0/s1. The van der Waals surface area contributed by atoms with Crippen molar-refractivity contribution in [3.8, 4) is 11.1 Å². The van der Waals surface area contributed by atoms with Gasteiger partial charge in [0.15, 0.2) is 0 Å². The number of piperazine rings is 1. The Labute approximate surface area is 207 Å². The van der Waals surface area contributed by atoms with Gasteiger partial charge in [0.25, 0.3) is 0 Å². The first-order valence-corrected chi connectivity index (χ1v) is 12.3. The molecule has 0 saturated carbocycles. The van der Waals surface area contributed by atoms with Gasteiger partial charge in [-0.15, -0.1) is 0 Å². The van der Waals surface area contributed by atoms with Crippen LogP contribution in [0.4, 0.5) is 10.5 Å². The number of nitrogens with zero attached hydrogens (tertiary/aromatic N) is 3. The van der Waals surface area contributed by atoms with Crippen LogP contribution in [-0.2, 0) is 9.53 Å². The fourth-order valence-electron chi connectivity index (χ4n) is 4.67. The molecule has 2 unspecified atom stereocenters. The highest BCUT2D eigenvalue weighted by Crippen LogP contribution is 2.29. The number of nitrogens with one attached hydrogen (secondary N) is 1. The van der Waals surface area contributed by atoms with Crippen molar-refractivity contribution in [2.45, 2.75) is 26.1 Å². The SMILES string of the molecule is CC(=O)NC[C@H]1CN(c2ccc(-c3ccc(C(O)C(C)CN4CCN(C)CC4)cc3)cc2)C(=O)O1. The molecule has 0 spiro atoms. The predicted molar refractivity (Wildman–Crippen MR) is 136 cm³/mol. The van der Waals surface area contributed by atoms with Crippen molar-refractivity contribution in [2.24, 2.45) is 5.92 Å². The molecular formula is C27H36N4O4. The summed E-state index contributed by atoms with van der Waals surface area (Å²) in [6.45, 7) is 9.40. The Bertz CT molecular complexity index is 1000. The molecular weight excluding hydrogens is 444 g/mol. The van der Waals surface area contributed by atoms with Gasteiger partial charge in [-0.05, 0) is 41.8 Å². The van der Waals surface area contributed by atoms with Gasteiger partial charge < -0.3 is 25.0 Å². The summed E-state index contributed by atoms with van der Waals surface area (Å²) in [5.74, 6) is 0.00473. The maximum Gasteiger partial charge on any atom is 0.414 e. The lowest BCUT2D eigenvalue weighted by molar-refractivity contribution is -0.119. The van der Waals surface area contributed by atoms with E-state index in [1.165, 1.54) is 6.92 Å². The van der Waals surface area contributed by atoms with Crippen LogP contribution in [0.25, 0.3) is 11.1 Å². The van der Waals surface area contributed by atoms with Crippen molar-refractivity contribution >= 4 is 17.7 Å². The molecule has 0 aromatic heterocycles. The van der Waals surface area contributed by atoms with Crippen LogP contribution in [0.2, 0.25) is 0 Å². The Hall–Kier alpha value is -2.94. The molecule has 2 aliphatic heterocycles. The van der Waals surface area contributed by atoms with E-state index in [2.05, 4.69) is 29.1 Å². The predicted octanol–water partition coefficient (Wildman–Crippen LogP) is 2.73. The Kier molecular flexibility index (Phi) is 8.05. The highest BCUT2D eigenvalue weighted by Gasteiger charge is 2.32. The van der Waals surface area contributed by atoms with E-state index in [1.807, 2.05) is 48.5 Å². The highest BCUT2D eigenvalue weighted by molar-refractivity contribution is 5.90. The van der Waals surface area contributed by atoms with Crippen molar-refractivity contribution in [2.75, 3.05) is 57.8 Å². The van der Waals surface area contributed by atoms with Gasteiger partial charge in [-0.1, -0.05) is 43.3 Å². The Morgan fingerprint density at radius 3 is 2.26 bits per heavy atom. The molecule has 4 rings (SSSR count). The van der Waals surface area contributed by atoms with E-state index in [9.17, 15) is 14.7 Å². The van der Waals surface area contributed by atoms with E-state index < -0.39 is 12.2 Å². The van der Waals surface area contributed by atoms with Gasteiger partial charge >= 0.3 is 6.09 Å². The molecule has 2 aromatic rings. The molecule has 2 aromatic carbocycles. The van der Waals surface area contributed by atoms with Crippen LogP contribution >= 0.6 is 0 Å². The number of aliphatic hydroxyl groups excluding tert-OH is 1. The van der Waals surface area contributed by atoms with Crippen LogP contribution in [0, 0.1) is 5.92 Å². The third kappa shape index (κ3) is 6.39. The van der Waals surface area contributed by atoms with Crippen molar-refractivity contribution in [3.05, 3.63) is 54.1 Å². The molecule has 0 radical (unpaired) electrons. The minimum Gasteiger partial charge on any atom is -0.442 e. The summed E-state index contributed by atoms with van der Waals surface area (Å²) >= 11 is 0. The number of amides is 2. The number of likely N-dealkylation sites (N-methyl/N-ethyl adjacent to an activating group) is 1. The van der Waals surface area contributed by atoms with Crippen molar-refractivity contribution in [3.63, 3.8) is 0 Å². The quantitative estimate of drug-likeness (QED) is 0.604. The van der Waals surface area contributed by atoms with E-state index >= 15 is 0 Å². The number of cyclic esters (lactones) is 1. The first-order chi connectivity index (χ1) is 16.8. The largest absolute Gasteiger partial charge is 0.442 e. The molecule has 35 heavy (non-hydrogen) atoms. The maximum absolute atomic E-state index is 12.2. The summed E-state index contributed by atoms with van der Waals surface area (Å²) in [6, 6.07) is 15.8. The third-order valence-corrected chi connectivity index (χ3v) is 6.90. The normalized spacial score (nSPS) is 21.0. The van der Waals surface area contributed by atoms with E-state index in [4.69, 9.17) is 4.74 Å². The van der Waals surface area contributed by atoms with Crippen LogP contribution in [0.3, 0.4) is 0 Å². The zero-order valence-corrected chi connectivity index (χ0v) is 20.8. The molecule has 2 aliphatic rings. The second-order valence-corrected chi connectivity index (χ2v) is 9.75. The molecule has 8 nitrogen and oxygen atoms in total. The van der Waals surface area contributed by atoms with E-state index in [-0.39, 0.29) is 17.9 Å². The molecule has 2 heterocycles. The Morgan fingerprint density at radius 1 is 1.06 bits per heavy atom. The molecule has 0 aliphatic carbocycles. The van der Waals surface area contributed by atoms with Gasteiger partial charge in [-0.2, -0.15) is 0 Å². The number of hydrogen-bond donors (Lipinski definition) is 2. The number of anilines is 1. The molecule has 3 atom stereocenters. The minimum atomic E-state index is -0.502. The molecule has 2 N–H and O–H groups in total. The number of carbonyl (C=O) groups excluding carboxylic acids is 2. The van der Waals surface area contributed by atoms with E-state index in [1.54, 1.807) is 4.90 Å². The third-order valence-electron chi connectivity index (χ3n) is 6.90. The number of benzene rings is 2. The van der Waals surface area contributed by atoms with Crippen LogP contribution in [0.1, 0.15) is 25.5 Å². The zero-order valence-electron chi connectivity index (χ0n) is 20.8. The lowest BCUT2D eigenvalue weighted by Crippen LogP contribution is -2.46. The highest BCUT2D eigenvalue weighted by atomic mass is 16.6. The fourth-order valence-corrected chi connectivity index (χ4v) is 4.67. The second-order valence-electron chi connectivity index (χ2n) is 9.75. The van der Waals surface area contributed by atoms with Crippen LogP contribution in [0.15, 0.2) is 48.5 Å². The van der Waals surface area contributed by atoms with Crippen LogP contribution < -0.4 is 10.2 Å². The Balaban J connectivity index is 1.34. The maximum atomic E-state index is 12.2. The molecule has 2 amide bonds. The summed E-state index contributed by atoms with van der Waals surface area (Å²) in [4.78, 5) is 29.7. The van der Waals surface area contributed by atoms with Gasteiger partial charge in [0, 0.05) is 45.3 Å². The molecule has 2 saturated heterocycles. The second kappa shape index (κ2) is 11.2. The van der Waals surface area contributed by atoms with Crippen LogP contribution in [0.5, 0.6) is 0 Å². The van der Waals surface area contributed by atoms with Crippen molar-refractivity contribution in [1.82, 2.24) is 15.1 Å². The smallest absolute Gasteiger partial charge is 0.414 e. The number of carbonyl (C=O) groups is 2. The molecule has 188 valence electrons. The van der Waals surface area contributed by atoms with Crippen molar-refractivity contribution in [1.29, 1.82) is 0 Å². The summed E-state index contributed by atoms with van der Waals surface area (Å²) in [6.07, 6.45) is -1.27. The lowest BCUT2D eigenvalue weighted by atomic mass is 9.94. The average Bonchev–Trinajstić information content (AvgIpc) is 3.24. The van der Waals surface area contributed by atoms with Gasteiger partial charge in [0.1, 0.15) is 6.10 Å². The first kappa shape index (κ1) is 25.2. The topological polar surface area (TPSA) is 85.4 Å². The minimum absolute atomic E-state index is 0.146. The zero-order chi connectivity index (χ0) is 24.9. The number of ether oxygens (including phenoxy) is 1. The first-order valence-electron chi connectivity index (χ1n) is 12.3. The monoisotopic (exact) mass is 480 g/mol. The number of rotatable bonds is 8. The summed E-state index contributed by atoms with van der Waals surface area (Å²) in [5.41, 5.74) is 3.76. The summed E-state index contributed by atoms with van der Waals surface area (Å²) in [5, 5.41) is 13.6. The number of hydrogen-bond acceptors (Lipinski definition) is 6. The van der Waals surface area contributed by atoms with Crippen LogP contribution in [-0.4, -0.2) is 85.9 Å². The number of aliphatic hydroxyl groups is 1. The summed E-state index contributed by atoms with van der Waals surface area (Å²) in [7, 11) is 2.15. The van der Waals surface area contributed by atoms with Gasteiger partial charge in [-0.3, -0.25) is 9.69 Å². The Morgan fingerprint density at radius 2 is 1.66 bits per heavy atom. The molecule has 2 fully saturated rings. The van der Waals surface area contributed by atoms with E-state index in [0.717, 1.165) is 55.1 Å². The fraction of sp³-hybridized carbons (Fsp3) is 0.481. The van der Waals surface area contributed by atoms with Crippen molar-refractivity contribution < 1.29 is 19.4 Å².